The summed E-state index contributed by atoms with van der Waals surface area (Å²) in [4.78, 5) is 35.5. The third-order valence-electron chi connectivity index (χ3n) is 6.84. The number of amidine groups is 1. The first-order valence-corrected chi connectivity index (χ1v) is 14.5. The monoisotopic (exact) mass is 620 g/mol. The molecule has 44 heavy (non-hydrogen) atoms. The molecule has 0 bridgehead atoms. The molecule has 0 radical (unpaired) electrons. The van der Waals surface area contributed by atoms with E-state index < -0.39 is 12.4 Å². The number of aromatic nitrogens is 3. The molecule has 0 spiro atoms. The van der Waals surface area contributed by atoms with Crippen molar-refractivity contribution < 1.29 is 27.5 Å². The number of thioether (sulfide) groups is 1. The number of rotatable bonds is 7. The molecule has 4 aromatic rings. The van der Waals surface area contributed by atoms with Gasteiger partial charge in [0.25, 0.3) is 0 Å². The fourth-order valence-corrected chi connectivity index (χ4v) is 5.34. The van der Waals surface area contributed by atoms with Crippen molar-refractivity contribution in [2.24, 2.45) is 4.99 Å². The second kappa shape index (κ2) is 12.8. The third-order valence-corrected chi connectivity index (χ3v) is 7.76. The first-order chi connectivity index (χ1) is 21.0. The fraction of sp³-hybridized carbons (Fsp3) is 0.194. The van der Waals surface area contributed by atoms with Crippen molar-refractivity contribution in [1.29, 1.82) is 0 Å². The number of nitrogens with zero attached hydrogens (tertiary/aromatic N) is 5. The van der Waals surface area contributed by atoms with Gasteiger partial charge in [-0.3, -0.25) is 9.69 Å². The molecule has 1 aliphatic rings. The Morgan fingerprint density at radius 2 is 1.75 bits per heavy atom. The van der Waals surface area contributed by atoms with E-state index in [9.17, 15) is 22.8 Å². The van der Waals surface area contributed by atoms with Crippen LogP contribution >= 0.6 is 11.8 Å². The van der Waals surface area contributed by atoms with Gasteiger partial charge in [0.15, 0.2) is 11.0 Å². The lowest BCUT2D eigenvalue weighted by molar-refractivity contribution is -0.274. The van der Waals surface area contributed by atoms with Gasteiger partial charge in [-0.2, -0.15) is 4.99 Å². The van der Waals surface area contributed by atoms with Gasteiger partial charge in [0.1, 0.15) is 12.1 Å². The van der Waals surface area contributed by atoms with Gasteiger partial charge >= 0.3 is 12.4 Å². The van der Waals surface area contributed by atoms with Crippen LogP contribution in [-0.2, 0) is 11.2 Å². The summed E-state index contributed by atoms with van der Waals surface area (Å²) in [6.45, 7) is 5.65. The van der Waals surface area contributed by atoms with E-state index >= 15 is 0 Å². The molecule has 2 heterocycles. The Morgan fingerprint density at radius 1 is 1.05 bits per heavy atom. The molecule has 226 valence electrons. The summed E-state index contributed by atoms with van der Waals surface area (Å²) >= 11 is 1.22. The SMILES string of the molecule is CCc1ccccc1N1C(=O)CSC1=NC(=O)N/C(C)=C(\C)c1ccc(-c2ncn(-c3ccc(OC(F)(F)F)cc3)n2)cc1. The quantitative estimate of drug-likeness (QED) is 0.239. The number of alkyl halides is 3. The molecule has 0 atom stereocenters. The summed E-state index contributed by atoms with van der Waals surface area (Å²) in [6.07, 6.45) is -2.56. The number of ether oxygens (including phenoxy) is 1. The molecule has 0 aliphatic carbocycles. The van der Waals surface area contributed by atoms with Crippen molar-refractivity contribution in [3.8, 4) is 22.8 Å². The van der Waals surface area contributed by atoms with Crippen LogP contribution in [0.5, 0.6) is 5.75 Å². The van der Waals surface area contributed by atoms with Crippen molar-refractivity contribution in [3.63, 3.8) is 0 Å². The van der Waals surface area contributed by atoms with E-state index in [-0.39, 0.29) is 17.4 Å². The van der Waals surface area contributed by atoms with Crippen molar-refractivity contribution in [3.05, 3.63) is 95.9 Å². The Morgan fingerprint density at radius 3 is 2.43 bits per heavy atom. The van der Waals surface area contributed by atoms with E-state index in [4.69, 9.17) is 0 Å². The summed E-state index contributed by atoms with van der Waals surface area (Å²) in [5, 5.41) is 7.57. The van der Waals surface area contributed by atoms with Gasteiger partial charge in [-0.05, 0) is 67.3 Å². The number of allylic oxidation sites excluding steroid dienone is 2. The van der Waals surface area contributed by atoms with Crippen LogP contribution < -0.4 is 15.0 Å². The Kier molecular flexibility index (Phi) is 8.86. The van der Waals surface area contributed by atoms with Gasteiger partial charge in [0.05, 0.1) is 17.1 Å². The van der Waals surface area contributed by atoms with E-state index in [2.05, 4.69) is 25.1 Å². The molecule has 0 saturated carbocycles. The molecule has 1 N–H and O–H groups in total. The molecule has 1 fully saturated rings. The zero-order valence-corrected chi connectivity index (χ0v) is 24.7. The van der Waals surface area contributed by atoms with Gasteiger partial charge in [-0.15, -0.1) is 18.3 Å². The number of carbonyl (C=O) groups excluding carboxylic acids is 2. The van der Waals surface area contributed by atoms with Crippen molar-refractivity contribution >= 4 is 40.1 Å². The minimum absolute atomic E-state index is 0.126. The van der Waals surface area contributed by atoms with Crippen LogP contribution in [0.1, 0.15) is 31.9 Å². The highest BCUT2D eigenvalue weighted by Crippen LogP contribution is 2.30. The van der Waals surface area contributed by atoms with Crippen LogP contribution in [0, 0.1) is 0 Å². The van der Waals surface area contributed by atoms with E-state index in [1.54, 1.807) is 6.92 Å². The molecular formula is C31H27F3N6O3S. The lowest BCUT2D eigenvalue weighted by Crippen LogP contribution is -2.31. The number of urea groups is 1. The van der Waals surface area contributed by atoms with E-state index in [0.29, 0.717) is 22.4 Å². The number of aliphatic imine (C=N–C) groups is 1. The second-order valence-electron chi connectivity index (χ2n) is 9.71. The average Bonchev–Trinajstić information content (AvgIpc) is 3.63. The lowest BCUT2D eigenvalue weighted by Gasteiger charge is -2.19. The maximum absolute atomic E-state index is 12.9. The number of carbonyl (C=O) groups is 2. The Labute approximate surface area is 255 Å². The Bertz CT molecular complexity index is 1750. The first-order valence-electron chi connectivity index (χ1n) is 13.5. The highest BCUT2D eigenvalue weighted by Gasteiger charge is 2.32. The standard InChI is InChI=1S/C31H27F3N6O3S/c1-4-21-7-5-6-8-26(21)40-27(41)17-44-30(40)37-29(42)36-20(3)19(2)22-9-11-23(12-10-22)28-35-18-39(38-28)24-13-15-25(16-14-24)43-31(32,33)34/h5-16,18H,4,17H2,1-3H3,(H,36,42)/b20-19+,37-30?. The second-order valence-corrected chi connectivity index (χ2v) is 10.6. The van der Waals surface area contributed by atoms with Crippen LogP contribution in [0.4, 0.5) is 23.7 Å². The maximum Gasteiger partial charge on any atom is 0.573 e. The molecule has 5 rings (SSSR count). The number of aryl methyl sites for hydroxylation is 1. The number of hydrogen-bond donors (Lipinski definition) is 1. The molecule has 3 aromatic carbocycles. The fourth-order valence-electron chi connectivity index (χ4n) is 4.48. The molecule has 3 amide bonds. The highest BCUT2D eigenvalue weighted by molar-refractivity contribution is 8.15. The van der Waals surface area contributed by atoms with Crippen LogP contribution in [0.15, 0.2) is 89.8 Å². The minimum Gasteiger partial charge on any atom is -0.406 e. The normalized spacial score (nSPS) is 15.0. The molecular weight excluding hydrogens is 593 g/mol. The molecule has 1 saturated heterocycles. The Hall–Kier alpha value is -4.91. The molecule has 0 unspecified atom stereocenters. The number of hydrogen-bond acceptors (Lipinski definition) is 6. The molecule has 1 aromatic heterocycles. The number of nitrogens with one attached hydrogen (secondary N) is 1. The lowest BCUT2D eigenvalue weighted by atomic mass is 10.0. The van der Waals surface area contributed by atoms with Gasteiger partial charge in [-0.25, -0.2) is 14.5 Å². The number of amides is 3. The zero-order valence-electron chi connectivity index (χ0n) is 23.9. The number of para-hydroxylation sites is 1. The third kappa shape index (κ3) is 7.00. The predicted octanol–water partition coefficient (Wildman–Crippen LogP) is 6.99. The highest BCUT2D eigenvalue weighted by atomic mass is 32.2. The van der Waals surface area contributed by atoms with Crippen LogP contribution in [0.3, 0.4) is 0 Å². The molecule has 1 aliphatic heterocycles. The van der Waals surface area contributed by atoms with Gasteiger partial charge in [0.2, 0.25) is 5.91 Å². The molecule has 13 heteroatoms. The number of halogens is 3. The van der Waals surface area contributed by atoms with Crippen LogP contribution in [0.25, 0.3) is 22.6 Å². The number of benzene rings is 3. The average molecular weight is 621 g/mol. The van der Waals surface area contributed by atoms with Crippen molar-refractivity contribution in [1.82, 2.24) is 20.1 Å². The van der Waals surface area contributed by atoms with Gasteiger partial charge < -0.3 is 10.1 Å². The summed E-state index contributed by atoms with van der Waals surface area (Å²) in [5.74, 6) is 0.179. The first kappa shape index (κ1) is 30.5. The summed E-state index contributed by atoms with van der Waals surface area (Å²) < 4.78 is 42.6. The van der Waals surface area contributed by atoms with Gasteiger partial charge in [0, 0.05) is 11.3 Å². The Balaban J connectivity index is 1.27. The smallest absolute Gasteiger partial charge is 0.406 e. The largest absolute Gasteiger partial charge is 0.573 e. The zero-order chi connectivity index (χ0) is 31.4. The van der Waals surface area contributed by atoms with E-state index in [1.165, 1.54) is 51.9 Å². The van der Waals surface area contributed by atoms with Crippen LogP contribution in [0.2, 0.25) is 0 Å². The summed E-state index contributed by atoms with van der Waals surface area (Å²) in [5.41, 5.74) is 5.22. The van der Waals surface area contributed by atoms with E-state index in [1.807, 2.05) is 62.4 Å². The van der Waals surface area contributed by atoms with Crippen molar-refractivity contribution in [2.45, 2.75) is 33.6 Å². The summed E-state index contributed by atoms with van der Waals surface area (Å²) in [6, 6.07) is 19.7. The number of anilines is 1. The topological polar surface area (TPSA) is 102 Å². The van der Waals surface area contributed by atoms with E-state index in [0.717, 1.165) is 34.4 Å². The van der Waals surface area contributed by atoms with Gasteiger partial charge in [-0.1, -0.05) is 61.2 Å². The van der Waals surface area contributed by atoms with Crippen molar-refractivity contribution in [2.75, 3.05) is 10.7 Å². The summed E-state index contributed by atoms with van der Waals surface area (Å²) in [7, 11) is 0. The molecule has 9 nitrogen and oxygen atoms in total. The predicted molar refractivity (Wildman–Crippen MR) is 163 cm³/mol. The maximum atomic E-state index is 12.9. The minimum atomic E-state index is -4.76. The van der Waals surface area contributed by atoms with Crippen LogP contribution in [-0.4, -0.2) is 44.0 Å².